The maximum atomic E-state index is 5.97. The molecule has 1 heterocycles. The summed E-state index contributed by atoms with van der Waals surface area (Å²) in [4.78, 5) is 8.19. The number of nitrogens with zero attached hydrogens (tertiary/aromatic N) is 2. The van der Waals surface area contributed by atoms with Crippen LogP contribution in [0.3, 0.4) is 0 Å². The van der Waals surface area contributed by atoms with Gasteiger partial charge in [0.2, 0.25) is 5.88 Å². The summed E-state index contributed by atoms with van der Waals surface area (Å²) in [5.74, 6) is 2.62. The first-order valence-electron chi connectivity index (χ1n) is 6.51. The first-order valence-corrected chi connectivity index (χ1v) is 6.51. The van der Waals surface area contributed by atoms with Gasteiger partial charge in [0.15, 0.2) is 5.82 Å². The number of aromatic nitrogens is 2. The third-order valence-electron chi connectivity index (χ3n) is 3.56. The molecule has 0 spiro atoms. The average molecular weight is 250 g/mol. The van der Waals surface area contributed by atoms with Crippen molar-refractivity contribution in [2.75, 3.05) is 18.2 Å². The van der Waals surface area contributed by atoms with Gasteiger partial charge in [0.1, 0.15) is 12.0 Å². The summed E-state index contributed by atoms with van der Waals surface area (Å²) in [7, 11) is 1.56. The Kier molecular flexibility index (Phi) is 3.89. The summed E-state index contributed by atoms with van der Waals surface area (Å²) in [5, 5.41) is 3.43. The van der Waals surface area contributed by atoms with Crippen molar-refractivity contribution in [3.63, 3.8) is 0 Å². The number of hydrogen-bond acceptors (Lipinski definition) is 5. The van der Waals surface area contributed by atoms with Gasteiger partial charge in [-0.15, -0.1) is 0 Å². The van der Waals surface area contributed by atoms with Crippen molar-refractivity contribution in [3.8, 4) is 5.88 Å². The molecule has 2 unspecified atom stereocenters. The monoisotopic (exact) mass is 250 g/mol. The molecule has 0 aliphatic heterocycles. The molecule has 0 radical (unpaired) electrons. The van der Waals surface area contributed by atoms with Crippen molar-refractivity contribution < 1.29 is 4.74 Å². The van der Waals surface area contributed by atoms with Gasteiger partial charge in [0, 0.05) is 6.04 Å². The van der Waals surface area contributed by atoms with E-state index >= 15 is 0 Å². The molecule has 0 saturated heterocycles. The molecular weight excluding hydrogens is 228 g/mol. The number of rotatable bonds is 3. The van der Waals surface area contributed by atoms with E-state index in [-0.39, 0.29) is 0 Å². The maximum Gasteiger partial charge on any atom is 0.242 e. The molecule has 5 heteroatoms. The number of ether oxygens (including phenoxy) is 1. The van der Waals surface area contributed by atoms with Crippen LogP contribution in [-0.4, -0.2) is 23.1 Å². The van der Waals surface area contributed by atoms with Crippen molar-refractivity contribution in [1.29, 1.82) is 0 Å². The van der Waals surface area contributed by atoms with E-state index in [2.05, 4.69) is 29.1 Å². The Balaban J connectivity index is 2.09. The molecular formula is C13H22N4O. The molecule has 1 aromatic rings. The Morgan fingerprint density at radius 1 is 1.22 bits per heavy atom. The number of nitrogen functional groups attached to an aromatic ring is 1. The third kappa shape index (κ3) is 2.83. The van der Waals surface area contributed by atoms with E-state index < -0.39 is 0 Å². The summed E-state index contributed by atoms with van der Waals surface area (Å²) in [6.07, 6.45) is 5.11. The zero-order valence-corrected chi connectivity index (χ0v) is 11.3. The van der Waals surface area contributed by atoms with Crippen LogP contribution in [0.1, 0.15) is 33.1 Å². The first-order chi connectivity index (χ1) is 8.60. The van der Waals surface area contributed by atoms with Gasteiger partial charge >= 0.3 is 0 Å². The smallest absolute Gasteiger partial charge is 0.242 e. The predicted octanol–water partition coefficient (Wildman–Crippen LogP) is 2.30. The fourth-order valence-electron chi connectivity index (χ4n) is 2.92. The molecule has 0 bridgehead atoms. The lowest BCUT2D eigenvalue weighted by molar-refractivity contribution is 0.280. The van der Waals surface area contributed by atoms with Crippen molar-refractivity contribution >= 4 is 11.5 Å². The highest BCUT2D eigenvalue weighted by molar-refractivity contribution is 5.66. The molecule has 0 amide bonds. The van der Waals surface area contributed by atoms with Crippen LogP contribution in [0.4, 0.5) is 11.5 Å². The highest BCUT2D eigenvalue weighted by atomic mass is 16.5. The SMILES string of the molecule is COc1ncnc(NC2CC(C)CC(C)C2)c1N. The number of anilines is 2. The second-order valence-electron chi connectivity index (χ2n) is 5.40. The van der Waals surface area contributed by atoms with Gasteiger partial charge in [-0.25, -0.2) is 4.98 Å². The van der Waals surface area contributed by atoms with Crippen molar-refractivity contribution in [3.05, 3.63) is 6.33 Å². The molecule has 2 rings (SSSR count). The fraction of sp³-hybridized carbons (Fsp3) is 0.692. The maximum absolute atomic E-state index is 5.97. The van der Waals surface area contributed by atoms with Crippen LogP contribution in [-0.2, 0) is 0 Å². The molecule has 0 aromatic carbocycles. The minimum Gasteiger partial charge on any atom is -0.479 e. The molecule has 5 nitrogen and oxygen atoms in total. The summed E-state index contributed by atoms with van der Waals surface area (Å²) < 4.78 is 5.10. The minimum atomic E-state index is 0.435. The van der Waals surface area contributed by atoms with Crippen LogP contribution in [0, 0.1) is 11.8 Å². The number of nitrogens with one attached hydrogen (secondary N) is 1. The molecule has 2 atom stereocenters. The predicted molar refractivity (Wildman–Crippen MR) is 72.6 cm³/mol. The van der Waals surface area contributed by atoms with E-state index in [0.29, 0.717) is 23.4 Å². The van der Waals surface area contributed by atoms with Crippen LogP contribution in [0.2, 0.25) is 0 Å². The highest BCUT2D eigenvalue weighted by Gasteiger charge is 2.24. The molecule has 1 aromatic heterocycles. The zero-order valence-electron chi connectivity index (χ0n) is 11.3. The molecule has 18 heavy (non-hydrogen) atoms. The Morgan fingerprint density at radius 2 is 1.89 bits per heavy atom. The lowest BCUT2D eigenvalue weighted by atomic mass is 9.80. The second-order valence-corrected chi connectivity index (χ2v) is 5.40. The summed E-state index contributed by atoms with van der Waals surface area (Å²) in [6.45, 7) is 4.60. The molecule has 1 aliphatic rings. The summed E-state index contributed by atoms with van der Waals surface area (Å²) in [5.41, 5.74) is 6.46. The first kappa shape index (κ1) is 12.9. The summed E-state index contributed by atoms with van der Waals surface area (Å²) >= 11 is 0. The van der Waals surface area contributed by atoms with E-state index in [9.17, 15) is 0 Å². The van der Waals surface area contributed by atoms with E-state index in [1.807, 2.05) is 0 Å². The number of hydrogen-bond donors (Lipinski definition) is 2. The zero-order chi connectivity index (χ0) is 13.1. The van der Waals surface area contributed by atoms with Crippen molar-refractivity contribution in [2.24, 2.45) is 11.8 Å². The van der Waals surface area contributed by atoms with Crippen molar-refractivity contribution in [2.45, 2.75) is 39.2 Å². The van der Waals surface area contributed by atoms with Gasteiger partial charge in [-0.2, -0.15) is 4.98 Å². The Morgan fingerprint density at radius 3 is 2.50 bits per heavy atom. The van der Waals surface area contributed by atoms with Crippen LogP contribution in [0.25, 0.3) is 0 Å². The van der Waals surface area contributed by atoms with Crippen LogP contribution in [0.15, 0.2) is 6.33 Å². The van der Waals surface area contributed by atoms with E-state index in [4.69, 9.17) is 10.5 Å². The normalized spacial score (nSPS) is 27.8. The molecule has 3 N–H and O–H groups in total. The highest BCUT2D eigenvalue weighted by Crippen LogP contribution is 2.32. The largest absolute Gasteiger partial charge is 0.479 e. The van der Waals surface area contributed by atoms with E-state index in [0.717, 1.165) is 24.7 Å². The van der Waals surface area contributed by atoms with Crippen LogP contribution in [0.5, 0.6) is 5.88 Å². The van der Waals surface area contributed by atoms with Gasteiger partial charge in [-0.3, -0.25) is 0 Å². The minimum absolute atomic E-state index is 0.435. The lowest BCUT2D eigenvalue weighted by Gasteiger charge is -2.32. The molecule has 100 valence electrons. The van der Waals surface area contributed by atoms with Gasteiger partial charge in [-0.05, 0) is 31.1 Å². The van der Waals surface area contributed by atoms with Gasteiger partial charge in [0.05, 0.1) is 7.11 Å². The Bertz CT molecular complexity index is 400. The topological polar surface area (TPSA) is 73.1 Å². The average Bonchev–Trinajstić information content (AvgIpc) is 2.30. The molecule has 1 fully saturated rings. The van der Waals surface area contributed by atoms with Gasteiger partial charge in [-0.1, -0.05) is 13.8 Å². The van der Waals surface area contributed by atoms with Crippen molar-refractivity contribution in [1.82, 2.24) is 9.97 Å². The fourth-order valence-corrected chi connectivity index (χ4v) is 2.92. The summed E-state index contributed by atoms with van der Waals surface area (Å²) in [6, 6.07) is 0.436. The quantitative estimate of drug-likeness (QED) is 0.861. The Hall–Kier alpha value is -1.52. The van der Waals surface area contributed by atoms with Crippen LogP contribution >= 0.6 is 0 Å². The lowest BCUT2D eigenvalue weighted by Crippen LogP contribution is -2.30. The third-order valence-corrected chi connectivity index (χ3v) is 3.56. The second kappa shape index (κ2) is 5.42. The molecule has 1 saturated carbocycles. The van der Waals surface area contributed by atoms with Gasteiger partial charge < -0.3 is 15.8 Å². The van der Waals surface area contributed by atoms with E-state index in [1.165, 1.54) is 12.7 Å². The standard InChI is InChI=1S/C13H22N4O/c1-8-4-9(2)6-10(5-8)17-12-11(14)13(18-3)16-7-15-12/h7-10H,4-6,14H2,1-3H3,(H,15,16,17). The number of nitrogens with two attached hydrogens (primary N) is 1. The Labute approximate surface area is 108 Å². The number of methoxy groups -OCH3 is 1. The molecule has 1 aliphatic carbocycles. The van der Waals surface area contributed by atoms with E-state index in [1.54, 1.807) is 7.11 Å². The van der Waals surface area contributed by atoms with Crippen LogP contribution < -0.4 is 15.8 Å². The van der Waals surface area contributed by atoms with Gasteiger partial charge in [0.25, 0.3) is 0 Å².